The van der Waals surface area contributed by atoms with E-state index in [9.17, 15) is 26.3 Å². The molecule has 2 heterocycles. The highest BCUT2D eigenvalue weighted by Crippen LogP contribution is 2.30. The van der Waals surface area contributed by atoms with Gasteiger partial charge in [0.15, 0.2) is 5.82 Å². The van der Waals surface area contributed by atoms with Crippen LogP contribution in [-0.2, 0) is 6.42 Å². The third kappa shape index (κ3) is 5.11. The standard InChI is InChI=1S/C17H10ClF6N5/c18-14-10(5-9-11(20)3-8(19)4-12(9)21)15(27-7-17(22,23)24)29-16(28-14)13-6-25-1-2-26-13/h1-4,6H,5,7H2,(H,27,28,29). The van der Waals surface area contributed by atoms with E-state index in [4.69, 9.17) is 11.6 Å². The predicted octanol–water partition coefficient (Wildman–Crippen LogP) is 4.57. The van der Waals surface area contributed by atoms with E-state index < -0.39 is 48.0 Å². The van der Waals surface area contributed by atoms with Crippen molar-refractivity contribution in [2.75, 3.05) is 11.9 Å². The Bertz CT molecular complexity index is 1010. The lowest BCUT2D eigenvalue weighted by atomic mass is 10.0. The molecule has 2 aromatic heterocycles. The van der Waals surface area contributed by atoms with Crippen molar-refractivity contribution >= 4 is 17.4 Å². The summed E-state index contributed by atoms with van der Waals surface area (Å²) in [5.74, 6) is -4.13. The molecule has 29 heavy (non-hydrogen) atoms. The number of nitrogens with zero attached hydrogens (tertiary/aromatic N) is 4. The quantitative estimate of drug-likeness (QED) is 0.472. The highest BCUT2D eigenvalue weighted by atomic mass is 35.5. The topological polar surface area (TPSA) is 63.6 Å². The molecule has 0 atom stereocenters. The number of anilines is 1. The van der Waals surface area contributed by atoms with E-state index in [0.29, 0.717) is 12.1 Å². The first-order valence-corrected chi connectivity index (χ1v) is 8.28. The number of rotatable bonds is 5. The van der Waals surface area contributed by atoms with Crippen molar-refractivity contribution in [2.45, 2.75) is 12.6 Å². The SMILES string of the molecule is Fc1cc(F)c(Cc2c(Cl)nc(-c3cnccn3)nc2NCC(F)(F)F)c(F)c1. The Balaban J connectivity index is 2.07. The molecule has 0 saturated heterocycles. The fourth-order valence-corrected chi connectivity index (χ4v) is 2.63. The summed E-state index contributed by atoms with van der Waals surface area (Å²) in [6, 6.07) is 0.897. The zero-order valence-corrected chi connectivity index (χ0v) is 15.0. The molecule has 0 fully saturated rings. The van der Waals surface area contributed by atoms with E-state index >= 15 is 0 Å². The van der Waals surface area contributed by atoms with Crippen LogP contribution in [0.3, 0.4) is 0 Å². The van der Waals surface area contributed by atoms with Crippen molar-refractivity contribution in [1.29, 1.82) is 0 Å². The average molecular weight is 434 g/mol. The molecule has 1 N–H and O–H groups in total. The second kappa shape index (κ2) is 8.19. The fourth-order valence-electron chi connectivity index (χ4n) is 2.39. The molecule has 0 bridgehead atoms. The highest BCUT2D eigenvalue weighted by Gasteiger charge is 2.28. The highest BCUT2D eigenvalue weighted by molar-refractivity contribution is 6.30. The summed E-state index contributed by atoms with van der Waals surface area (Å²) in [7, 11) is 0. The van der Waals surface area contributed by atoms with Crippen LogP contribution in [0.4, 0.5) is 32.2 Å². The van der Waals surface area contributed by atoms with Crippen molar-refractivity contribution in [3.63, 3.8) is 0 Å². The molecule has 0 spiro atoms. The van der Waals surface area contributed by atoms with Gasteiger partial charge in [0.1, 0.15) is 40.7 Å². The molecule has 12 heteroatoms. The van der Waals surface area contributed by atoms with E-state index in [1.165, 1.54) is 18.6 Å². The first-order chi connectivity index (χ1) is 13.6. The van der Waals surface area contributed by atoms with Crippen molar-refractivity contribution < 1.29 is 26.3 Å². The van der Waals surface area contributed by atoms with Gasteiger partial charge in [-0.3, -0.25) is 4.98 Å². The van der Waals surface area contributed by atoms with Crippen molar-refractivity contribution in [3.8, 4) is 11.5 Å². The zero-order valence-electron chi connectivity index (χ0n) is 14.2. The van der Waals surface area contributed by atoms with Crippen molar-refractivity contribution in [3.05, 3.63) is 64.5 Å². The minimum Gasteiger partial charge on any atom is -0.361 e. The molecule has 152 valence electrons. The van der Waals surface area contributed by atoms with E-state index in [-0.39, 0.29) is 22.2 Å². The Hall–Kier alpha value is -2.95. The number of hydrogen-bond donors (Lipinski definition) is 1. The molecule has 0 radical (unpaired) electrons. The van der Waals surface area contributed by atoms with E-state index in [2.05, 4.69) is 19.9 Å². The van der Waals surface area contributed by atoms with Crippen LogP contribution in [-0.4, -0.2) is 32.7 Å². The van der Waals surface area contributed by atoms with Gasteiger partial charge in [0, 0.05) is 42.1 Å². The van der Waals surface area contributed by atoms with Crippen LogP contribution in [0.5, 0.6) is 0 Å². The van der Waals surface area contributed by atoms with Gasteiger partial charge >= 0.3 is 6.18 Å². The average Bonchev–Trinajstić information content (AvgIpc) is 2.64. The second-order valence-corrected chi connectivity index (χ2v) is 6.11. The Kier molecular flexibility index (Phi) is 5.87. The molecule has 5 nitrogen and oxygen atoms in total. The Labute approximate surface area is 164 Å². The minimum atomic E-state index is -4.60. The van der Waals surface area contributed by atoms with Crippen LogP contribution >= 0.6 is 11.6 Å². The number of nitrogens with one attached hydrogen (secondary N) is 1. The molecule has 3 aromatic rings. The molecule has 1 aromatic carbocycles. The Morgan fingerprint density at radius 1 is 0.966 bits per heavy atom. The van der Waals surface area contributed by atoms with E-state index in [1.807, 2.05) is 5.32 Å². The van der Waals surface area contributed by atoms with E-state index in [1.54, 1.807) is 0 Å². The van der Waals surface area contributed by atoms with Gasteiger partial charge in [-0.15, -0.1) is 0 Å². The van der Waals surface area contributed by atoms with Crippen LogP contribution in [0.15, 0.2) is 30.7 Å². The maximum atomic E-state index is 14.0. The normalized spacial score (nSPS) is 11.6. The molecular formula is C17H10ClF6N5. The second-order valence-electron chi connectivity index (χ2n) is 5.75. The van der Waals surface area contributed by atoms with Crippen LogP contribution in [0.2, 0.25) is 5.15 Å². The molecule has 0 unspecified atom stereocenters. The lowest BCUT2D eigenvalue weighted by Crippen LogP contribution is -2.23. The predicted molar refractivity (Wildman–Crippen MR) is 91.7 cm³/mol. The molecule has 0 amide bonds. The summed E-state index contributed by atoms with van der Waals surface area (Å²) in [5.41, 5.74) is -0.678. The Morgan fingerprint density at radius 3 is 2.24 bits per heavy atom. The fraction of sp³-hybridized carbons (Fsp3) is 0.176. The largest absolute Gasteiger partial charge is 0.405 e. The number of benzene rings is 1. The van der Waals surface area contributed by atoms with Gasteiger partial charge in [-0.2, -0.15) is 13.2 Å². The summed E-state index contributed by atoms with van der Waals surface area (Å²) >= 11 is 6.08. The van der Waals surface area contributed by atoms with Gasteiger partial charge in [0.05, 0.1) is 6.20 Å². The van der Waals surface area contributed by atoms with E-state index in [0.717, 1.165) is 0 Å². The summed E-state index contributed by atoms with van der Waals surface area (Å²) in [6.07, 6.45) is -1.28. The molecular weight excluding hydrogens is 424 g/mol. The van der Waals surface area contributed by atoms with Crippen LogP contribution in [0.25, 0.3) is 11.5 Å². The van der Waals surface area contributed by atoms with Gasteiger partial charge in [-0.25, -0.2) is 28.1 Å². The third-order valence-electron chi connectivity index (χ3n) is 3.66. The maximum absolute atomic E-state index is 14.0. The number of aromatic nitrogens is 4. The smallest absolute Gasteiger partial charge is 0.361 e. The molecule has 0 aliphatic heterocycles. The molecule has 0 aliphatic rings. The van der Waals surface area contributed by atoms with Gasteiger partial charge in [0.25, 0.3) is 0 Å². The van der Waals surface area contributed by atoms with Crippen molar-refractivity contribution in [2.24, 2.45) is 0 Å². The maximum Gasteiger partial charge on any atom is 0.405 e. The van der Waals surface area contributed by atoms with Gasteiger partial charge < -0.3 is 5.32 Å². The van der Waals surface area contributed by atoms with Gasteiger partial charge in [-0.1, -0.05) is 11.6 Å². The molecule has 0 saturated carbocycles. The molecule has 3 rings (SSSR count). The summed E-state index contributed by atoms with van der Waals surface area (Å²) in [4.78, 5) is 15.6. The first-order valence-electron chi connectivity index (χ1n) is 7.91. The number of hydrogen-bond acceptors (Lipinski definition) is 5. The van der Waals surface area contributed by atoms with Crippen LogP contribution in [0, 0.1) is 17.5 Å². The lowest BCUT2D eigenvalue weighted by Gasteiger charge is -2.15. The summed E-state index contributed by atoms with van der Waals surface area (Å²) in [5, 5.41) is 1.69. The number of halogens is 7. The van der Waals surface area contributed by atoms with Crippen molar-refractivity contribution in [1.82, 2.24) is 19.9 Å². The summed E-state index contributed by atoms with van der Waals surface area (Å²) in [6.45, 7) is -1.48. The van der Waals surface area contributed by atoms with Crippen LogP contribution in [0.1, 0.15) is 11.1 Å². The molecule has 0 aliphatic carbocycles. The van der Waals surface area contributed by atoms with Gasteiger partial charge in [0.2, 0.25) is 0 Å². The third-order valence-corrected chi connectivity index (χ3v) is 3.98. The minimum absolute atomic E-state index is 0.121. The van der Waals surface area contributed by atoms with Crippen LogP contribution < -0.4 is 5.32 Å². The first kappa shape index (κ1) is 20.8. The zero-order chi connectivity index (χ0) is 21.2. The number of alkyl halides is 3. The lowest BCUT2D eigenvalue weighted by molar-refractivity contribution is -0.115. The summed E-state index contributed by atoms with van der Waals surface area (Å²) < 4.78 is 79.1. The monoisotopic (exact) mass is 433 g/mol. The van der Waals surface area contributed by atoms with Gasteiger partial charge in [-0.05, 0) is 0 Å². The Morgan fingerprint density at radius 2 is 1.66 bits per heavy atom.